The highest BCUT2D eigenvalue weighted by atomic mass is 35.5. The van der Waals surface area contributed by atoms with Crippen molar-refractivity contribution in [1.29, 1.82) is 0 Å². The largest absolute Gasteiger partial charge is 0.478 e. The summed E-state index contributed by atoms with van der Waals surface area (Å²) in [4.78, 5) is 21.6. The van der Waals surface area contributed by atoms with E-state index in [-0.39, 0.29) is 0 Å². The highest BCUT2D eigenvalue weighted by Gasteiger charge is 2.24. The number of hydrogen-bond donors (Lipinski definition) is 3. The van der Waals surface area contributed by atoms with Crippen molar-refractivity contribution in [2.45, 2.75) is 39.0 Å². The quantitative estimate of drug-likeness (QED) is 0.680. The van der Waals surface area contributed by atoms with Crippen LogP contribution in [0.3, 0.4) is 0 Å². The van der Waals surface area contributed by atoms with E-state index in [1.54, 1.807) is 0 Å². The van der Waals surface area contributed by atoms with Crippen LogP contribution in [-0.2, 0) is 28.9 Å². The molecule has 2 aliphatic rings. The number of aliphatic carboxylic acids is 2. The van der Waals surface area contributed by atoms with Crippen molar-refractivity contribution >= 4 is 29.2 Å². The first kappa shape index (κ1) is 21.3. The van der Waals surface area contributed by atoms with Gasteiger partial charge in [0.1, 0.15) is 0 Å². The fourth-order valence-electron chi connectivity index (χ4n) is 3.59. The number of carboxylic acid groups (broad SMARTS) is 2. The minimum absolute atomic E-state index is 0.558. The Morgan fingerprint density at radius 2 is 1.81 bits per heavy atom. The maximum Gasteiger partial charge on any atom is 0.328 e. The number of nitrogens with zero attached hydrogens (tertiary/aromatic N) is 1. The Morgan fingerprint density at radius 1 is 1.15 bits per heavy atom. The average Bonchev–Trinajstić information content (AvgIpc) is 2.87. The topological polar surface area (TPSA) is 89.9 Å². The van der Waals surface area contributed by atoms with Gasteiger partial charge in [0.25, 0.3) is 0 Å². The first-order valence-corrected chi connectivity index (χ1v) is 9.74. The van der Waals surface area contributed by atoms with Gasteiger partial charge in [0, 0.05) is 25.2 Å². The van der Waals surface area contributed by atoms with Gasteiger partial charge in [-0.15, -0.1) is 0 Å². The Kier molecular flexibility index (Phi) is 8.13. The third kappa shape index (κ3) is 5.97. The predicted molar refractivity (Wildman–Crippen MR) is 107 cm³/mol. The van der Waals surface area contributed by atoms with Crippen molar-refractivity contribution in [3.63, 3.8) is 0 Å². The highest BCUT2D eigenvalue weighted by molar-refractivity contribution is 6.34. The average molecular weight is 395 g/mol. The van der Waals surface area contributed by atoms with E-state index in [1.807, 2.05) is 0 Å². The van der Waals surface area contributed by atoms with E-state index < -0.39 is 11.9 Å². The number of anilines is 1. The van der Waals surface area contributed by atoms with Crippen LogP contribution in [0.25, 0.3) is 0 Å². The van der Waals surface area contributed by atoms with Crippen LogP contribution in [0, 0.1) is 0 Å². The summed E-state index contributed by atoms with van der Waals surface area (Å²) in [6.07, 6.45) is 6.95. The lowest BCUT2D eigenvalue weighted by Crippen LogP contribution is -2.30. The number of halogens is 1. The normalized spacial score (nSPS) is 16.0. The maximum atomic E-state index is 9.55. The molecule has 7 heteroatoms. The summed E-state index contributed by atoms with van der Waals surface area (Å²) in [6.45, 7) is 6.68. The van der Waals surface area contributed by atoms with Gasteiger partial charge >= 0.3 is 11.9 Å². The van der Waals surface area contributed by atoms with Gasteiger partial charge in [-0.3, -0.25) is 0 Å². The van der Waals surface area contributed by atoms with Gasteiger partial charge in [-0.25, -0.2) is 9.59 Å². The van der Waals surface area contributed by atoms with Gasteiger partial charge in [-0.05, 0) is 61.9 Å². The van der Waals surface area contributed by atoms with Crippen LogP contribution >= 0.6 is 11.6 Å². The van der Waals surface area contributed by atoms with Gasteiger partial charge in [0.2, 0.25) is 0 Å². The van der Waals surface area contributed by atoms with E-state index in [9.17, 15) is 9.59 Å². The number of fused-ring (bicyclic) bond motifs is 2. The molecule has 0 saturated carbocycles. The van der Waals surface area contributed by atoms with E-state index in [1.165, 1.54) is 41.6 Å². The molecule has 148 valence electrons. The molecule has 3 rings (SSSR count). The van der Waals surface area contributed by atoms with Crippen LogP contribution in [-0.4, -0.2) is 48.3 Å². The minimum Gasteiger partial charge on any atom is -0.478 e. The second-order valence-corrected chi connectivity index (χ2v) is 7.06. The van der Waals surface area contributed by atoms with Crippen molar-refractivity contribution in [3.8, 4) is 0 Å². The molecule has 1 aromatic rings. The number of aryl methyl sites for hydroxylation is 1. The van der Waals surface area contributed by atoms with Gasteiger partial charge in [-0.1, -0.05) is 24.6 Å². The molecule has 0 spiro atoms. The molecule has 0 aliphatic carbocycles. The zero-order valence-corrected chi connectivity index (χ0v) is 16.4. The molecule has 2 heterocycles. The van der Waals surface area contributed by atoms with Gasteiger partial charge < -0.3 is 20.4 Å². The van der Waals surface area contributed by atoms with Crippen LogP contribution in [0.15, 0.2) is 18.2 Å². The monoisotopic (exact) mass is 394 g/mol. The second-order valence-electron chi connectivity index (χ2n) is 6.69. The number of rotatable bonds is 4. The second kappa shape index (κ2) is 10.3. The van der Waals surface area contributed by atoms with Crippen molar-refractivity contribution in [1.82, 2.24) is 5.32 Å². The Bertz CT molecular complexity index is 702. The molecular formula is C20H27ClN2O4. The van der Waals surface area contributed by atoms with Crippen LogP contribution in [0.4, 0.5) is 5.69 Å². The van der Waals surface area contributed by atoms with Crippen LogP contribution in [0.5, 0.6) is 0 Å². The summed E-state index contributed by atoms with van der Waals surface area (Å²) >= 11 is 6.78. The molecule has 0 radical (unpaired) electrons. The summed E-state index contributed by atoms with van der Waals surface area (Å²) in [5, 5.41) is 20.1. The first-order valence-electron chi connectivity index (χ1n) is 9.36. The third-order valence-corrected chi connectivity index (χ3v) is 5.10. The van der Waals surface area contributed by atoms with Crippen molar-refractivity contribution < 1.29 is 19.8 Å². The maximum absolute atomic E-state index is 9.55. The predicted octanol–water partition coefficient (Wildman–Crippen LogP) is 2.90. The van der Waals surface area contributed by atoms with Crippen LogP contribution in [0.1, 0.15) is 36.5 Å². The van der Waals surface area contributed by atoms with Crippen molar-refractivity contribution in [2.24, 2.45) is 0 Å². The molecule has 27 heavy (non-hydrogen) atoms. The summed E-state index contributed by atoms with van der Waals surface area (Å²) in [6, 6.07) is 2.44. The summed E-state index contributed by atoms with van der Waals surface area (Å²) < 4.78 is 0. The minimum atomic E-state index is -1.26. The zero-order chi connectivity index (χ0) is 19.8. The van der Waals surface area contributed by atoms with Gasteiger partial charge in [-0.2, -0.15) is 0 Å². The lowest BCUT2D eigenvalue weighted by atomic mass is 9.93. The molecule has 0 fully saturated rings. The van der Waals surface area contributed by atoms with Crippen LogP contribution in [0.2, 0.25) is 5.02 Å². The Morgan fingerprint density at radius 3 is 2.44 bits per heavy atom. The van der Waals surface area contributed by atoms with Gasteiger partial charge in [0.15, 0.2) is 0 Å². The summed E-state index contributed by atoms with van der Waals surface area (Å²) in [7, 11) is 0. The zero-order valence-electron chi connectivity index (χ0n) is 15.6. The number of nitrogens with one attached hydrogen (secondary N) is 1. The molecule has 0 saturated heterocycles. The molecule has 3 N–H and O–H groups in total. The van der Waals surface area contributed by atoms with E-state index in [0.717, 1.165) is 44.0 Å². The summed E-state index contributed by atoms with van der Waals surface area (Å²) in [5.74, 6) is -2.51. The van der Waals surface area contributed by atoms with E-state index in [4.69, 9.17) is 21.8 Å². The fourth-order valence-corrected chi connectivity index (χ4v) is 4.04. The lowest BCUT2D eigenvalue weighted by Gasteiger charge is -2.33. The molecule has 2 aliphatic heterocycles. The van der Waals surface area contributed by atoms with Crippen molar-refractivity contribution in [3.05, 3.63) is 39.9 Å². The van der Waals surface area contributed by atoms with E-state index in [0.29, 0.717) is 12.2 Å². The van der Waals surface area contributed by atoms with Gasteiger partial charge in [0.05, 0.1) is 10.7 Å². The Hall–Kier alpha value is -2.05. The lowest BCUT2D eigenvalue weighted by molar-refractivity contribution is -0.134. The standard InChI is InChI=1S/C16H23ClN2.C4H4O4/c1-2-9-19-10-3-4-13-11-12-5-7-18-8-6-14(12)15(17)16(13)19;5-3(6)1-2-4(7)8/h11,18H,2-10H2,1H3;1-2H,(H,5,6)(H,7,8)/b;2-1+. The molecule has 0 amide bonds. The number of carbonyl (C=O) groups is 2. The molecule has 0 unspecified atom stereocenters. The number of carboxylic acids is 2. The number of benzene rings is 1. The smallest absolute Gasteiger partial charge is 0.328 e. The third-order valence-electron chi connectivity index (χ3n) is 4.69. The molecule has 6 nitrogen and oxygen atoms in total. The first-order chi connectivity index (χ1) is 12.9. The Labute approximate surface area is 164 Å². The molecule has 1 aromatic carbocycles. The molecule has 0 bridgehead atoms. The number of hydrogen-bond acceptors (Lipinski definition) is 4. The molecular weight excluding hydrogens is 368 g/mol. The molecule has 0 atom stereocenters. The summed E-state index contributed by atoms with van der Waals surface area (Å²) in [5.41, 5.74) is 5.70. The van der Waals surface area contributed by atoms with Crippen LogP contribution < -0.4 is 10.2 Å². The fraction of sp³-hybridized carbons (Fsp3) is 0.500. The van der Waals surface area contributed by atoms with E-state index in [2.05, 4.69) is 23.2 Å². The Balaban J connectivity index is 0.000000279. The van der Waals surface area contributed by atoms with E-state index >= 15 is 0 Å². The molecule has 0 aromatic heterocycles. The van der Waals surface area contributed by atoms with Crippen molar-refractivity contribution in [2.75, 3.05) is 31.1 Å². The highest BCUT2D eigenvalue weighted by Crippen LogP contribution is 2.39. The SMILES string of the molecule is CCCN1CCCc2cc3c(c(Cl)c21)CCNCC3.O=C(O)/C=C/C(=O)O.